The Hall–Kier alpha value is -2.00. The van der Waals surface area contributed by atoms with Gasteiger partial charge in [0.1, 0.15) is 0 Å². The van der Waals surface area contributed by atoms with Crippen LogP contribution >= 0.6 is 23.5 Å². The van der Waals surface area contributed by atoms with E-state index in [0.717, 1.165) is 60.3 Å². The highest BCUT2D eigenvalue weighted by atomic mass is 32.2. The largest absolute Gasteiger partial charge is 0.335 e. The average molecular weight is 474 g/mol. The lowest BCUT2D eigenvalue weighted by Gasteiger charge is -2.22. The van der Waals surface area contributed by atoms with E-state index in [0.29, 0.717) is 30.5 Å². The maximum atomic E-state index is 13.2. The molecule has 7 nitrogen and oxygen atoms in total. The SMILES string of the molecule is CCn1c(CN2CCCCCC2=O)nnc1SCC(=O)N1CCC(C)Sc2ccccc21. The number of para-hydroxylation sites is 1. The van der Waals surface area contributed by atoms with Gasteiger partial charge in [0.05, 0.1) is 18.0 Å². The lowest BCUT2D eigenvalue weighted by atomic mass is 10.2. The molecule has 0 radical (unpaired) electrons. The second-order valence-corrected chi connectivity index (χ2v) is 10.7. The fourth-order valence-corrected chi connectivity index (χ4v) is 6.20. The molecule has 0 saturated carbocycles. The molecule has 1 unspecified atom stereocenters. The van der Waals surface area contributed by atoms with Gasteiger partial charge in [-0.25, -0.2) is 0 Å². The Morgan fingerprint density at radius 3 is 2.88 bits per heavy atom. The molecule has 2 aliphatic rings. The van der Waals surface area contributed by atoms with Crippen LogP contribution in [0.25, 0.3) is 0 Å². The normalized spacial score (nSPS) is 19.4. The van der Waals surface area contributed by atoms with Crippen LogP contribution in [0, 0.1) is 0 Å². The number of anilines is 1. The van der Waals surface area contributed by atoms with Gasteiger partial charge in [-0.05, 0) is 38.3 Å². The van der Waals surface area contributed by atoms with Crippen molar-refractivity contribution in [2.75, 3.05) is 23.7 Å². The Balaban J connectivity index is 1.44. The average Bonchev–Trinajstić information content (AvgIpc) is 2.94. The standard InChI is InChI=1S/C23H31N5O2S2/c1-3-27-20(15-26-13-8-4-5-11-21(26)29)24-25-23(27)31-16-22(30)28-14-12-17(2)32-19-10-7-6-9-18(19)28/h6-7,9-10,17H,3-5,8,11-16H2,1-2H3. The van der Waals surface area contributed by atoms with Gasteiger partial charge >= 0.3 is 0 Å². The Kier molecular flexibility index (Phi) is 7.78. The molecule has 1 atom stereocenters. The molecule has 32 heavy (non-hydrogen) atoms. The molecular formula is C23H31N5O2S2. The quantitative estimate of drug-likeness (QED) is 0.586. The van der Waals surface area contributed by atoms with Crippen LogP contribution in [0.5, 0.6) is 0 Å². The third-order valence-corrected chi connectivity index (χ3v) is 8.17. The zero-order chi connectivity index (χ0) is 22.5. The molecule has 2 aliphatic heterocycles. The van der Waals surface area contributed by atoms with Crippen molar-refractivity contribution >= 4 is 41.0 Å². The van der Waals surface area contributed by atoms with Crippen LogP contribution in [0.2, 0.25) is 0 Å². The van der Waals surface area contributed by atoms with Crippen LogP contribution in [0.3, 0.4) is 0 Å². The van der Waals surface area contributed by atoms with Crippen molar-refractivity contribution in [1.29, 1.82) is 0 Å². The van der Waals surface area contributed by atoms with Crippen LogP contribution in [-0.2, 0) is 22.7 Å². The number of hydrogen-bond acceptors (Lipinski definition) is 6. The zero-order valence-corrected chi connectivity index (χ0v) is 20.5. The van der Waals surface area contributed by atoms with E-state index < -0.39 is 0 Å². The molecule has 2 aromatic rings. The van der Waals surface area contributed by atoms with Gasteiger partial charge in [0.25, 0.3) is 0 Å². The summed E-state index contributed by atoms with van der Waals surface area (Å²) in [7, 11) is 0. The summed E-state index contributed by atoms with van der Waals surface area (Å²) >= 11 is 3.27. The van der Waals surface area contributed by atoms with E-state index >= 15 is 0 Å². The highest BCUT2D eigenvalue weighted by Gasteiger charge is 2.25. The molecule has 1 fully saturated rings. The van der Waals surface area contributed by atoms with E-state index in [1.54, 1.807) is 0 Å². The summed E-state index contributed by atoms with van der Waals surface area (Å²) in [6, 6.07) is 8.15. The summed E-state index contributed by atoms with van der Waals surface area (Å²) in [6.07, 6.45) is 4.69. The van der Waals surface area contributed by atoms with Crippen LogP contribution in [0.4, 0.5) is 5.69 Å². The smallest absolute Gasteiger partial charge is 0.237 e. The zero-order valence-electron chi connectivity index (χ0n) is 18.8. The van der Waals surface area contributed by atoms with Crippen LogP contribution < -0.4 is 4.90 Å². The topological polar surface area (TPSA) is 71.3 Å². The number of rotatable bonds is 6. The maximum Gasteiger partial charge on any atom is 0.237 e. The molecule has 3 heterocycles. The molecule has 1 saturated heterocycles. The first-order chi connectivity index (χ1) is 15.6. The molecule has 1 aromatic carbocycles. The summed E-state index contributed by atoms with van der Waals surface area (Å²) in [5.41, 5.74) is 1.00. The summed E-state index contributed by atoms with van der Waals surface area (Å²) in [6.45, 7) is 6.97. The lowest BCUT2D eigenvalue weighted by Crippen LogP contribution is -2.33. The second kappa shape index (κ2) is 10.7. The van der Waals surface area contributed by atoms with Crippen LogP contribution in [0.1, 0.15) is 51.8 Å². The Morgan fingerprint density at radius 2 is 2.03 bits per heavy atom. The highest BCUT2D eigenvalue weighted by Crippen LogP contribution is 2.37. The van der Waals surface area contributed by atoms with Crippen molar-refractivity contribution in [2.45, 2.75) is 74.3 Å². The molecule has 1 aromatic heterocycles. The number of thioether (sulfide) groups is 2. The Bertz CT molecular complexity index is 964. The van der Waals surface area contributed by atoms with E-state index in [4.69, 9.17) is 0 Å². The number of nitrogens with zero attached hydrogens (tertiary/aromatic N) is 5. The number of benzene rings is 1. The molecule has 4 rings (SSSR count). The Labute approximate surface area is 198 Å². The van der Waals surface area contributed by atoms with Gasteiger partial charge in [-0.15, -0.1) is 22.0 Å². The minimum absolute atomic E-state index is 0.0899. The summed E-state index contributed by atoms with van der Waals surface area (Å²) in [4.78, 5) is 30.5. The lowest BCUT2D eigenvalue weighted by molar-refractivity contribution is -0.131. The molecule has 0 N–H and O–H groups in total. The van der Waals surface area contributed by atoms with Gasteiger partial charge in [0.2, 0.25) is 11.8 Å². The molecular weight excluding hydrogens is 442 g/mol. The number of carbonyl (C=O) groups excluding carboxylic acids is 2. The van der Waals surface area contributed by atoms with Crippen LogP contribution in [0.15, 0.2) is 34.3 Å². The van der Waals surface area contributed by atoms with Gasteiger partial charge in [0, 0.05) is 36.2 Å². The fraction of sp³-hybridized carbons (Fsp3) is 0.565. The number of amides is 2. The molecule has 172 valence electrons. The first-order valence-corrected chi connectivity index (χ1v) is 13.3. The van der Waals surface area contributed by atoms with E-state index in [1.807, 2.05) is 51.3 Å². The van der Waals surface area contributed by atoms with Crippen molar-refractivity contribution in [1.82, 2.24) is 19.7 Å². The second-order valence-electron chi connectivity index (χ2n) is 8.29. The minimum Gasteiger partial charge on any atom is -0.335 e. The van der Waals surface area contributed by atoms with E-state index in [9.17, 15) is 9.59 Å². The molecule has 0 spiro atoms. The molecule has 0 aliphatic carbocycles. The first kappa shape index (κ1) is 23.2. The predicted molar refractivity (Wildman–Crippen MR) is 129 cm³/mol. The predicted octanol–water partition coefficient (Wildman–Crippen LogP) is 4.21. The van der Waals surface area contributed by atoms with Gasteiger partial charge in [-0.3, -0.25) is 9.59 Å². The maximum absolute atomic E-state index is 13.2. The minimum atomic E-state index is 0.0899. The monoisotopic (exact) mass is 473 g/mol. The third kappa shape index (κ3) is 5.31. The van der Waals surface area contributed by atoms with Crippen LogP contribution in [-0.4, -0.2) is 55.6 Å². The molecule has 0 bridgehead atoms. The fourth-order valence-electron chi connectivity index (χ4n) is 4.19. The van der Waals surface area contributed by atoms with Gasteiger partial charge in [-0.1, -0.05) is 37.2 Å². The van der Waals surface area contributed by atoms with E-state index in [-0.39, 0.29) is 11.8 Å². The van der Waals surface area contributed by atoms with Crippen molar-refractivity contribution < 1.29 is 9.59 Å². The first-order valence-electron chi connectivity index (χ1n) is 11.5. The van der Waals surface area contributed by atoms with E-state index in [2.05, 4.69) is 23.2 Å². The molecule has 9 heteroatoms. The van der Waals surface area contributed by atoms with Crippen molar-refractivity contribution in [3.05, 3.63) is 30.1 Å². The summed E-state index contributed by atoms with van der Waals surface area (Å²) in [5, 5.41) is 9.94. The van der Waals surface area contributed by atoms with E-state index in [1.165, 1.54) is 11.8 Å². The number of likely N-dealkylation sites (tertiary alicyclic amines) is 1. The van der Waals surface area contributed by atoms with Gasteiger partial charge in [-0.2, -0.15) is 0 Å². The van der Waals surface area contributed by atoms with Crippen molar-refractivity contribution in [3.8, 4) is 0 Å². The number of aromatic nitrogens is 3. The Morgan fingerprint density at radius 1 is 1.19 bits per heavy atom. The van der Waals surface area contributed by atoms with Gasteiger partial charge < -0.3 is 14.4 Å². The van der Waals surface area contributed by atoms with Crippen molar-refractivity contribution in [3.63, 3.8) is 0 Å². The highest BCUT2D eigenvalue weighted by molar-refractivity contribution is 8.00. The van der Waals surface area contributed by atoms with Gasteiger partial charge in [0.15, 0.2) is 11.0 Å². The number of fused-ring (bicyclic) bond motifs is 1. The summed E-state index contributed by atoms with van der Waals surface area (Å²) in [5.74, 6) is 1.40. The number of carbonyl (C=O) groups is 2. The third-order valence-electron chi connectivity index (χ3n) is 5.98. The number of hydrogen-bond donors (Lipinski definition) is 0. The molecule has 2 amide bonds. The summed E-state index contributed by atoms with van der Waals surface area (Å²) < 4.78 is 2.03. The van der Waals surface area contributed by atoms with Crippen molar-refractivity contribution in [2.24, 2.45) is 0 Å².